The average Bonchev–Trinajstić information content (AvgIpc) is 3.35. The molecule has 138 valence electrons. The Balaban J connectivity index is 0.000000204. The Morgan fingerprint density at radius 2 is 1.50 bits per heavy atom. The molecule has 0 aromatic rings. The first kappa shape index (κ1) is 17.1. The van der Waals surface area contributed by atoms with Gasteiger partial charge in [0.05, 0.1) is 18.3 Å². The van der Waals surface area contributed by atoms with E-state index in [-0.39, 0.29) is 12.2 Å². The second kappa shape index (κ2) is 5.83. The highest BCUT2D eigenvalue weighted by molar-refractivity contribution is 6.05. The Labute approximate surface area is 147 Å². The number of hydrogen-bond donors (Lipinski definition) is 0. The summed E-state index contributed by atoms with van der Waals surface area (Å²) in [5, 5.41) is 0. The maximum absolute atomic E-state index is 11.9. The summed E-state index contributed by atoms with van der Waals surface area (Å²) in [6.07, 6.45) is 4.50. The van der Waals surface area contributed by atoms with Crippen LogP contribution in [0.15, 0.2) is 24.3 Å². The molecule has 9 heteroatoms. The van der Waals surface area contributed by atoms with Gasteiger partial charge in [-0.05, 0) is 19.9 Å². The van der Waals surface area contributed by atoms with Gasteiger partial charge in [0.25, 0.3) is 0 Å². The van der Waals surface area contributed by atoms with E-state index in [9.17, 15) is 19.2 Å². The molecule has 6 atom stereocenters. The molecule has 0 aromatic carbocycles. The van der Waals surface area contributed by atoms with E-state index in [1.54, 1.807) is 12.2 Å². The molecule has 3 fully saturated rings. The molecule has 3 saturated heterocycles. The molecular formula is C17H16O9. The average molecular weight is 364 g/mol. The minimum Gasteiger partial charge on any atom is -0.393 e. The van der Waals surface area contributed by atoms with Gasteiger partial charge in [0.1, 0.15) is 11.8 Å². The van der Waals surface area contributed by atoms with Crippen molar-refractivity contribution in [2.75, 3.05) is 0 Å². The summed E-state index contributed by atoms with van der Waals surface area (Å²) in [7, 11) is 0. The maximum Gasteiger partial charge on any atom is 0.338 e. The van der Waals surface area contributed by atoms with Crippen LogP contribution in [0.2, 0.25) is 0 Å². The van der Waals surface area contributed by atoms with Crippen molar-refractivity contribution >= 4 is 23.9 Å². The van der Waals surface area contributed by atoms with Gasteiger partial charge < -0.3 is 23.7 Å². The van der Waals surface area contributed by atoms with Crippen molar-refractivity contribution in [1.82, 2.24) is 0 Å². The quantitative estimate of drug-likeness (QED) is 0.354. The molecule has 5 rings (SSSR count). The summed E-state index contributed by atoms with van der Waals surface area (Å²) < 4.78 is 26.1. The highest BCUT2D eigenvalue weighted by Gasteiger charge is 2.71. The number of ether oxygens (including phenoxy) is 5. The van der Waals surface area contributed by atoms with Crippen LogP contribution in [0.3, 0.4) is 0 Å². The van der Waals surface area contributed by atoms with Gasteiger partial charge in [-0.2, -0.15) is 0 Å². The van der Waals surface area contributed by atoms with Crippen molar-refractivity contribution in [3.05, 3.63) is 24.3 Å². The van der Waals surface area contributed by atoms with Crippen molar-refractivity contribution in [3.63, 3.8) is 0 Å². The van der Waals surface area contributed by atoms with Crippen LogP contribution in [-0.4, -0.2) is 54.1 Å². The van der Waals surface area contributed by atoms with Crippen LogP contribution in [-0.2, 0) is 42.9 Å². The topological polar surface area (TPSA) is 114 Å². The lowest BCUT2D eigenvalue weighted by Gasteiger charge is -2.31. The van der Waals surface area contributed by atoms with Crippen molar-refractivity contribution in [3.8, 4) is 0 Å². The first-order valence-electron chi connectivity index (χ1n) is 8.19. The summed E-state index contributed by atoms with van der Waals surface area (Å²) in [6, 6.07) is 0. The van der Waals surface area contributed by atoms with E-state index in [1.165, 1.54) is 0 Å². The highest BCUT2D eigenvalue weighted by atomic mass is 16.8. The molecule has 0 radical (unpaired) electrons. The van der Waals surface area contributed by atoms with Crippen molar-refractivity contribution in [2.24, 2.45) is 11.8 Å². The minimum atomic E-state index is -1.02. The lowest BCUT2D eigenvalue weighted by Crippen LogP contribution is -2.48. The van der Waals surface area contributed by atoms with Crippen molar-refractivity contribution in [2.45, 2.75) is 44.1 Å². The Hall–Kier alpha value is -2.36. The van der Waals surface area contributed by atoms with Crippen LogP contribution in [0, 0.1) is 11.8 Å². The van der Waals surface area contributed by atoms with Crippen LogP contribution in [0.5, 0.6) is 0 Å². The zero-order chi connectivity index (χ0) is 18.6. The third-order valence-electron chi connectivity index (χ3n) is 5.08. The lowest BCUT2D eigenvalue weighted by atomic mass is 9.76. The van der Waals surface area contributed by atoms with Crippen LogP contribution >= 0.6 is 0 Å². The molecule has 0 saturated carbocycles. The Morgan fingerprint density at radius 1 is 0.885 bits per heavy atom. The first-order chi connectivity index (χ1) is 12.3. The van der Waals surface area contributed by atoms with E-state index in [4.69, 9.17) is 18.9 Å². The van der Waals surface area contributed by atoms with Crippen molar-refractivity contribution in [1.29, 1.82) is 0 Å². The van der Waals surface area contributed by atoms with E-state index in [0.29, 0.717) is 0 Å². The maximum atomic E-state index is 11.9. The van der Waals surface area contributed by atoms with E-state index in [0.717, 1.165) is 12.2 Å². The van der Waals surface area contributed by atoms with Gasteiger partial charge in [0.15, 0.2) is 11.9 Å². The molecule has 2 bridgehead atoms. The molecule has 5 aliphatic rings. The second-order valence-corrected chi connectivity index (χ2v) is 6.63. The van der Waals surface area contributed by atoms with Gasteiger partial charge in [0, 0.05) is 12.2 Å². The largest absolute Gasteiger partial charge is 0.393 e. The molecule has 5 heterocycles. The monoisotopic (exact) mass is 364 g/mol. The molecule has 0 amide bonds. The Kier molecular flexibility index (Phi) is 3.83. The molecule has 0 unspecified atom stereocenters. The normalized spacial score (nSPS) is 42.8. The first-order valence-corrected chi connectivity index (χ1v) is 8.19. The van der Waals surface area contributed by atoms with Crippen molar-refractivity contribution < 1.29 is 42.9 Å². The van der Waals surface area contributed by atoms with E-state index in [1.807, 2.05) is 13.8 Å². The third-order valence-corrected chi connectivity index (χ3v) is 5.08. The molecule has 5 aliphatic heterocycles. The Morgan fingerprint density at radius 3 is 2.04 bits per heavy atom. The molecule has 26 heavy (non-hydrogen) atoms. The summed E-state index contributed by atoms with van der Waals surface area (Å²) in [4.78, 5) is 43.5. The summed E-state index contributed by atoms with van der Waals surface area (Å²) in [5.74, 6) is -3.42. The van der Waals surface area contributed by atoms with E-state index >= 15 is 0 Å². The molecule has 0 aliphatic carbocycles. The number of rotatable bonds is 1. The van der Waals surface area contributed by atoms with Crippen LogP contribution in [0.25, 0.3) is 0 Å². The third kappa shape index (κ3) is 2.43. The van der Waals surface area contributed by atoms with Gasteiger partial charge in [-0.15, -0.1) is 0 Å². The number of carbonyl (C=O) groups excluding carboxylic acids is 4. The number of fused-ring (bicyclic) bond motifs is 5. The fraction of sp³-hybridized carbons (Fsp3) is 0.529. The van der Waals surface area contributed by atoms with Gasteiger partial charge in [-0.25, -0.2) is 9.59 Å². The minimum absolute atomic E-state index is 0.0809. The lowest BCUT2D eigenvalue weighted by molar-refractivity contribution is -0.195. The van der Waals surface area contributed by atoms with Crippen LogP contribution in [0.1, 0.15) is 13.8 Å². The Bertz CT molecular complexity index is 727. The molecular weight excluding hydrogens is 348 g/mol. The smallest absolute Gasteiger partial charge is 0.338 e. The standard InChI is InChI=1S/C13H14O6.C4H2O3/c1-5-6(2)17-12(16-5)13-4-3-7(19-13)8-9(13)11(15)18-10(8)14;5-3-1-2-4(6)7-3/h3-9,12H,1-2H3;1-2H/t5-,6-,7+,8+,9-,13-;/m0./s1. The number of carbonyl (C=O) groups is 4. The van der Waals surface area contributed by atoms with Gasteiger partial charge in [-0.1, -0.05) is 6.08 Å². The van der Waals surface area contributed by atoms with E-state index in [2.05, 4.69) is 4.74 Å². The highest BCUT2D eigenvalue weighted by Crippen LogP contribution is 2.54. The summed E-state index contributed by atoms with van der Waals surface area (Å²) in [5.41, 5.74) is -1.02. The zero-order valence-electron chi connectivity index (χ0n) is 13.9. The van der Waals surface area contributed by atoms with Crippen LogP contribution in [0.4, 0.5) is 0 Å². The fourth-order valence-electron chi connectivity index (χ4n) is 3.67. The van der Waals surface area contributed by atoms with E-state index < -0.39 is 53.7 Å². The number of cyclic esters (lactones) is 4. The second-order valence-electron chi connectivity index (χ2n) is 6.63. The number of hydrogen-bond acceptors (Lipinski definition) is 9. The fourth-order valence-corrected chi connectivity index (χ4v) is 3.67. The number of esters is 4. The molecule has 0 N–H and O–H groups in total. The summed E-state index contributed by atoms with van der Waals surface area (Å²) in [6.45, 7) is 3.81. The van der Waals surface area contributed by atoms with Gasteiger partial charge >= 0.3 is 23.9 Å². The molecule has 9 nitrogen and oxygen atoms in total. The molecule has 0 spiro atoms. The summed E-state index contributed by atoms with van der Waals surface area (Å²) >= 11 is 0. The predicted octanol–water partition coefficient (Wildman–Crippen LogP) is -0.215. The predicted molar refractivity (Wildman–Crippen MR) is 79.9 cm³/mol. The van der Waals surface area contributed by atoms with Crippen LogP contribution < -0.4 is 0 Å². The zero-order valence-corrected chi connectivity index (χ0v) is 13.9. The SMILES string of the molecule is C[C@@H]1OC([C@@]23C=C[C@@H](O2)[C@H]2C(=O)OC(=O)[C@H]23)O[C@H]1C.O=C1C=CC(=O)O1. The molecule has 0 aromatic heterocycles. The van der Waals surface area contributed by atoms with Gasteiger partial charge in [0.2, 0.25) is 0 Å². The van der Waals surface area contributed by atoms with Gasteiger partial charge in [-0.3, -0.25) is 9.59 Å².